The number of thioether (sulfide) groups is 1. The summed E-state index contributed by atoms with van der Waals surface area (Å²) in [4.78, 5) is 49.1. The van der Waals surface area contributed by atoms with E-state index < -0.39 is 28.8 Å². The van der Waals surface area contributed by atoms with Crippen molar-refractivity contribution in [3.8, 4) is 0 Å². The standard InChI is InChI=1S/C18H21N3O5S.Na/c1-10(22)19-17(20-12(23)8-11-6-4-3-5-7-11)18(2)15(16(25)26)21-13(24)9-14(21)27-18;/h3-7,14-15,17H,8-9H2,1-2H3,(H,19,22)(H,20,23)(H,25,26);/q;+1/p-1/t14-,15+,17?,18?;/m1./s1. The van der Waals surface area contributed by atoms with Gasteiger partial charge in [0.05, 0.1) is 35.0 Å². The van der Waals surface area contributed by atoms with Gasteiger partial charge in [-0.1, -0.05) is 30.3 Å². The molecule has 1 aromatic carbocycles. The van der Waals surface area contributed by atoms with E-state index in [1.165, 1.54) is 23.6 Å². The van der Waals surface area contributed by atoms with Crippen LogP contribution in [-0.4, -0.2) is 50.9 Å². The van der Waals surface area contributed by atoms with Crippen molar-refractivity contribution in [1.82, 2.24) is 15.5 Å². The number of aliphatic carboxylic acids is 1. The second-order valence-electron chi connectivity index (χ2n) is 6.85. The zero-order valence-electron chi connectivity index (χ0n) is 15.9. The molecular weight excluding hydrogens is 393 g/mol. The first-order valence-corrected chi connectivity index (χ1v) is 9.40. The maximum absolute atomic E-state index is 12.5. The summed E-state index contributed by atoms with van der Waals surface area (Å²) in [6, 6.07) is 7.81. The third-order valence-corrected chi connectivity index (χ3v) is 6.45. The smallest absolute Gasteiger partial charge is 0.548 e. The zero-order valence-corrected chi connectivity index (χ0v) is 18.7. The Balaban J connectivity index is 0.00000280. The van der Waals surface area contributed by atoms with Crippen molar-refractivity contribution in [3.05, 3.63) is 35.9 Å². The van der Waals surface area contributed by atoms with Gasteiger partial charge in [0, 0.05) is 6.92 Å². The van der Waals surface area contributed by atoms with Crippen molar-refractivity contribution in [2.24, 2.45) is 0 Å². The van der Waals surface area contributed by atoms with Gasteiger partial charge in [0.1, 0.15) is 6.17 Å². The number of benzene rings is 1. The molecule has 28 heavy (non-hydrogen) atoms. The minimum atomic E-state index is -1.41. The molecule has 0 aromatic heterocycles. The summed E-state index contributed by atoms with van der Waals surface area (Å²) in [6.45, 7) is 2.90. The first-order valence-electron chi connectivity index (χ1n) is 8.52. The Kier molecular flexibility index (Phi) is 7.19. The number of carboxylic acid groups (broad SMARTS) is 1. The molecule has 144 valence electrons. The van der Waals surface area contributed by atoms with Crippen LogP contribution in [0.1, 0.15) is 25.8 Å². The number of carbonyl (C=O) groups excluding carboxylic acids is 4. The van der Waals surface area contributed by atoms with Crippen molar-refractivity contribution < 1.29 is 53.8 Å². The second-order valence-corrected chi connectivity index (χ2v) is 8.51. The van der Waals surface area contributed by atoms with Gasteiger partial charge < -0.3 is 25.4 Å². The van der Waals surface area contributed by atoms with E-state index in [1.807, 2.05) is 18.2 Å². The molecule has 0 spiro atoms. The van der Waals surface area contributed by atoms with Crippen molar-refractivity contribution in [1.29, 1.82) is 0 Å². The molecule has 4 atom stereocenters. The van der Waals surface area contributed by atoms with Gasteiger partial charge in [-0.15, -0.1) is 11.8 Å². The van der Waals surface area contributed by atoms with E-state index in [-0.39, 0.29) is 59.6 Å². The number of nitrogens with one attached hydrogen (secondary N) is 2. The summed E-state index contributed by atoms with van der Waals surface area (Å²) in [5.41, 5.74) is 0.788. The maximum Gasteiger partial charge on any atom is 1.00 e. The molecule has 0 aliphatic carbocycles. The molecule has 0 radical (unpaired) electrons. The van der Waals surface area contributed by atoms with Gasteiger partial charge >= 0.3 is 29.6 Å². The molecular formula is C18H20N3NaO5S. The Hall–Kier alpha value is -1.55. The Labute approximate surface area is 189 Å². The molecule has 2 unspecified atom stereocenters. The average Bonchev–Trinajstić information content (AvgIpc) is 2.83. The summed E-state index contributed by atoms with van der Waals surface area (Å²) in [7, 11) is 0. The first-order chi connectivity index (χ1) is 12.7. The molecule has 2 aliphatic heterocycles. The van der Waals surface area contributed by atoms with Crippen LogP contribution in [0.3, 0.4) is 0 Å². The van der Waals surface area contributed by atoms with Crippen LogP contribution >= 0.6 is 11.8 Å². The molecule has 3 rings (SSSR count). The molecule has 10 heteroatoms. The fraction of sp³-hybridized carbons (Fsp3) is 0.444. The molecule has 2 heterocycles. The first kappa shape index (κ1) is 22.7. The van der Waals surface area contributed by atoms with Crippen LogP contribution in [0.25, 0.3) is 0 Å². The fourth-order valence-corrected chi connectivity index (χ4v) is 5.29. The van der Waals surface area contributed by atoms with Gasteiger partial charge in [-0.2, -0.15) is 0 Å². The van der Waals surface area contributed by atoms with Gasteiger partial charge in [0.25, 0.3) is 0 Å². The summed E-state index contributed by atoms with van der Waals surface area (Å²) in [5.74, 6) is -2.46. The minimum Gasteiger partial charge on any atom is -0.548 e. The van der Waals surface area contributed by atoms with Gasteiger partial charge in [0.15, 0.2) is 0 Å². The van der Waals surface area contributed by atoms with E-state index in [9.17, 15) is 24.3 Å². The number of nitrogens with zero attached hydrogens (tertiary/aromatic N) is 1. The van der Waals surface area contributed by atoms with Crippen molar-refractivity contribution >= 4 is 35.5 Å². The Bertz CT molecular complexity index is 793. The topological polar surface area (TPSA) is 119 Å². The molecule has 2 aliphatic rings. The molecule has 2 fully saturated rings. The van der Waals surface area contributed by atoms with Gasteiger partial charge in [-0.25, -0.2) is 0 Å². The van der Waals surface area contributed by atoms with Crippen LogP contribution in [0.2, 0.25) is 0 Å². The molecule has 0 saturated carbocycles. The van der Waals surface area contributed by atoms with E-state index in [2.05, 4.69) is 10.6 Å². The number of carbonyl (C=O) groups is 4. The Morgan fingerprint density at radius 2 is 1.93 bits per heavy atom. The molecule has 8 nitrogen and oxygen atoms in total. The number of fused-ring (bicyclic) bond motifs is 1. The number of carboxylic acids is 1. The van der Waals surface area contributed by atoms with Crippen molar-refractivity contribution in [3.63, 3.8) is 0 Å². The van der Waals surface area contributed by atoms with Crippen molar-refractivity contribution in [2.75, 3.05) is 0 Å². The number of hydrogen-bond donors (Lipinski definition) is 2. The monoisotopic (exact) mass is 413 g/mol. The van der Waals surface area contributed by atoms with Gasteiger partial charge in [0.2, 0.25) is 17.7 Å². The van der Waals surface area contributed by atoms with Crippen LogP contribution in [0.5, 0.6) is 0 Å². The minimum absolute atomic E-state index is 0. The summed E-state index contributed by atoms with van der Waals surface area (Å²) in [5, 5.41) is 16.8. The van der Waals surface area contributed by atoms with E-state index in [1.54, 1.807) is 19.1 Å². The third kappa shape index (κ3) is 4.37. The van der Waals surface area contributed by atoms with E-state index in [0.29, 0.717) is 0 Å². The van der Waals surface area contributed by atoms with Crippen LogP contribution in [0.15, 0.2) is 30.3 Å². The van der Waals surface area contributed by atoms with Crippen LogP contribution in [-0.2, 0) is 25.6 Å². The van der Waals surface area contributed by atoms with Crippen LogP contribution < -0.4 is 45.3 Å². The largest absolute Gasteiger partial charge is 1.00 e. The predicted octanol–water partition coefficient (Wildman–Crippen LogP) is -4.01. The average molecular weight is 413 g/mol. The van der Waals surface area contributed by atoms with Crippen LogP contribution in [0, 0.1) is 0 Å². The number of rotatable bonds is 6. The Morgan fingerprint density at radius 1 is 1.29 bits per heavy atom. The summed E-state index contributed by atoms with van der Waals surface area (Å²) >= 11 is 1.26. The van der Waals surface area contributed by atoms with E-state index in [4.69, 9.17) is 0 Å². The Morgan fingerprint density at radius 3 is 2.46 bits per heavy atom. The number of β-lactam (4-membered cyclic amide) rings is 1. The van der Waals surface area contributed by atoms with Gasteiger partial charge in [-0.05, 0) is 12.5 Å². The predicted molar refractivity (Wildman–Crippen MR) is 95.9 cm³/mol. The molecule has 1 aromatic rings. The number of amides is 3. The molecule has 2 saturated heterocycles. The van der Waals surface area contributed by atoms with Crippen molar-refractivity contribution in [2.45, 2.75) is 49.0 Å². The summed E-state index contributed by atoms with van der Waals surface area (Å²) < 4.78 is -1.16. The van der Waals surface area contributed by atoms with Crippen LogP contribution in [0.4, 0.5) is 0 Å². The molecule has 0 bridgehead atoms. The van der Waals surface area contributed by atoms with E-state index in [0.717, 1.165) is 5.56 Å². The quantitative estimate of drug-likeness (QED) is 0.279. The summed E-state index contributed by atoms with van der Waals surface area (Å²) in [6.07, 6.45) is -0.661. The third-order valence-electron chi connectivity index (χ3n) is 4.82. The molecule has 3 amide bonds. The van der Waals surface area contributed by atoms with E-state index >= 15 is 0 Å². The zero-order chi connectivity index (χ0) is 19.8. The number of hydrogen-bond acceptors (Lipinski definition) is 6. The maximum atomic E-state index is 12.5. The SMILES string of the molecule is CC(=O)NC(NC(=O)Cc1ccccc1)C1(C)S[C@@H]2CC(=O)N2[C@H]1C(=O)[O-].[Na+]. The normalized spacial score (nSPS) is 26.4. The fourth-order valence-electron chi connectivity index (χ4n) is 3.54. The molecule has 2 N–H and O–H groups in total. The second kappa shape index (κ2) is 8.86. The van der Waals surface area contributed by atoms with Gasteiger partial charge in [-0.3, -0.25) is 14.4 Å².